The summed E-state index contributed by atoms with van der Waals surface area (Å²) in [7, 11) is 1.47. The van der Waals surface area contributed by atoms with Gasteiger partial charge in [-0.15, -0.1) is 0 Å². The molecule has 3 aliphatic rings. The molecule has 2 amide bonds. The lowest BCUT2D eigenvalue weighted by atomic mass is 9.88. The van der Waals surface area contributed by atoms with Crippen molar-refractivity contribution in [1.82, 2.24) is 14.5 Å². The van der Waals surface area contributed by atoms with Crippen molar-refractivity contribution in [2.75, 3.05) is 13.7 Å². The highest BCUT2D eigenvalue weighted by molar-refractivity contribution is 6.30. The SMILES string of the molecule is COC1C[C@]2(C=C[C@H](C)N3C[C@H]2n2cc(C(N)=O)c(=O)c(OCc4ccccc4)c2C3=O)ON1Cc1ccc(F)c(Cl)c1F. The molecule has 1 aromatic heterocycles. The van der Waals surface area contributed by atoms with Crippen LogP contribution in [0.5, 0.6) is 5.75 Å². The number of ether oxygens (including phenoxy) is 2. The molecule has 10 nitrogen and oxygen atoms in total. The normalized spacial score (nSPS) is 24.4. The number of nitrogens with two attached hydrogens (primary N) is 1. The Morgan fingerprint density at radius 1 is 1.18 bits per heavy atom. The van der Waals surface area contributed by atoms with Crippen LogP contribution in [0.15, 0.2) is 65.6 Å². The van der Waals surface area contributed by atoms with E-state index in [1.807, 2.05) is 37.3 Å². The minimum Gasteiger partial charge on any atom is -0.483 e. The van der Waals surface area contributed by atoms with Gasteiger partial charge in [0.05, 0.1) is 12.6 Å². The minimum atomic E-state index is -1.19. The van der Waals surface area contributed by atoms with E-state index < -0.39 is 57.8 Å². The third-order valence-electron chi connectivity index (χ3n) is 8.38. The lowest BCUT2D eigenvalue weighted by Gasteiger charge is -2.42. The van der Waals surface area contributed by atoms with Gasteiger partial charge in [-0.2, -0.15) is 5.06 Å². The van der Waals surface area contributed by atoms with Crippen molar-refractivity contribution in [2.45, 2.75) is 50.4 Å². The summed E-state index contributed by atoms with van der Waals surface area (Å²) in [5.74, 6) is -3.55. The van der Waals surface area contributed by atoms with Crippen molar-refractivity contribution in [3.63, 3.8) is 0 Å². The second-order valence-electron chi connectivity index (χ2n) is 11.0. The van der Waals surface area contributed by atoms with E-state index in [1.54, 1.807) is 17.0 Å². The largest absolute Gasteiger partial charge is 0.483 e. The van der Waals surface area contributed by atoms with Crippen molar-refractivity contribution in [1.29, 1.82) is 0 Å². The maximum absolute atomic E-state index is 14.9. The van der Waals surface area contributed by atoms with Gasteiger partial charge in [0, 0.05) is 37.9 Å². The van der Waals surface area contributed by atoms with Gasteiger partial charge in [0.25, 0.3) is 11.8 Å². The summed E-state index contributed by atoms with van der Waals surface area (Å²) in [5, 5.41) is 0.799. The Morgan fingerprint density at radius 2 is 1.93 bits per heavy atom. The lowest BCUT2D eigenvalue weighted by Crippen LogP contribution is -2.53. The number of halogens is 3. The van der Waals surface area contributed by atoms with Crippen molar-refractivity contribution in [3.05, 3.63) is 110 Å². The van der Waals surface area contributed by atoms with Crippen LogP contribution in [0.3, 0.4) is 0 Å². The van der Waals surface area contributed by atoms with Crippen molar-refractivity contribution in [2.24, 2.45) is 5.73 Å². The first-order valence-electron chi connectivity index (χ1n) is 13.9. The predicted molar refractivity (Wildman–Crippen MR) is 155 cm³/mol. The van der Waals surface area contributed by atoms with Crippen molar-refractivity contribution < 1.29 is 32.7 Å². The quantitative estimate of drug-likeness (QED) is 0.312. The molecule has 13 heteroatoms. The lowest BCUT2D eigenvalue weighted by molar-refractivity contribution is -0.239. The van der Waals surface area contributed by atoms with E-state index in [2.05, 4.69) is 0 Å². The summed E-state index contributed by atoms with van der Waals surface area (Å²) in [4.78, 5) is 48.1. The monoisotopic (exact) mass is 626 g/mol. The number of methoxy groups -OCH3 is 1. The third kappa shape index (κ3) is 4.97. The average Bonchev–Trinajstić information content (AvgIpc) is 3.32. The number of fused-ring (bicyclic) bond motifs is 5. The molecule has 1 unspecified atom stereocenters. The standard InChI is InChI=1S/C31H29ClF2N4O6/c1-17-10-11-31(12-23(42-2)38(44-31)13-19-8-9-21(33)24(32)25(19)34)22-15-36(17)30(41)26-28(43-16-18-6-4-3-5-7-18)27(39)20(29(35)40)14-37(22)26/h3-11,14,17,22-23H,12-13,15-16H2,1-2H3,(H2,35,40)/t17-,22+,23?,31-/m0/s1. The van der Waals surface area contributed by atoms with Gasteiger partial charge < -0.3 is 24.7 Å². The van der Waals surface area contributed by atoms with Gasteiger partial charge in [-0.3, -0.25) is 19.2 Å². The molecule has 230 valence electrons. The molecule has 6 rings (SSSR count). The van der Waals surface area contributed by atoms with E-state index in [1.165, 1.54) is 29.0 Å². The molecule has 1 saturated heterocycles. The number of rotatable bonds is 7. The van der Waals surface area contributed by atoms with Gasteiger partial charge in [-0.1, -0.05) is 60.2 Å². The van der Waals surface area contributed by atoms with Crippen LogP contribution >= 0.6 is 11.6 Å². The number of benzene rings is 2. The van der Waals surface area contributed by atoms with Crippen LogP contribution in [0.1, 0.15) is 51.4 Å². The number of amides is 2. The van der Waals surface area contributed by atoms with Gasteiger partial charge >= 0.3 is 0 Å². The molecule has 3 aromatic rings. The van der Waals surface area contributed by atoms with Crippen LogP contribution < -0.4 is 15.9 Å². The van der Waals surface area contributed by atoms with Crippen LogP contribution in [0.25, 0.3) is 0 Å². The molecule has 0 radical (unpaired) electrons. The molecule has 0 saturated carbocycles. The zero-order chi connectivity index (χ0) is 31.3. The van der Waals surface area contributed by atoms with Gasteiger partial charge in [-0.05, 0) is 18.6 Å². The summed E-state index contributed by atoms with van der Waals surface area (Å²) < 4.78 is 42.0. The third-order valence-corrected chi connectivity index (χ3v) is 8.73. The topological polar surface area (TPSA) is 116 Å². The van der Waals surface area contributed by atoms with Crippen LogP contribution in [0.4, 0.5) is 8.78 Å². The summed E-state index contributed by atoms with van der Waals surface area (Å²) in [5.41, 5.74) is 4.06. The van der Waals surface area contributed by atoms with Crippen LogP contribution in [0.2, 0.25) is 5.02 Å². The van der Waals surface area contributed by atoms with Gasteiger partial charge in [0.15, 0.2) is 11.4 Å². The van der Waals surface area contributed by atoms with Gasteiger partial charge in [-0.25, -0.2) is 8.78 Å². The van der Waals surface area contributed by atoms with E-state index in [0.717, 1.165) is 11.6 Å². The minimum absolute atomic E-state index is 0.0377. The predicted octanol–water partition coefficient (Wildman–Crippen LogP) is 3.96. The summed E-state index contributed by atoms with van der Waals surface area (Å²) in [6.45, 7) is 1.79. The number of hydrogen-bond donors (Lipinski definition) is 1. The van der Waals surface area contributed by atoms with E-state index >= 15 is 0 Å². The molecule has 1 spiro atoms. The molecule has 4 atom stereocenters. The second kappa shape index (κ2) is 11.4. The Balaban J connectivity index is 1.46. The van der Waals surface area contributed by atoms with Crippen LogP contribution in [-0.2, 0) is 22.7 Å². The number of carbonyl (C=O) groups is 2. The van der Waals surface area contributed by atoms with E-state index in [-0.39, 0.29) is 48.7 Å². The fraction of sp³-hybridized carbons (Fsp3) is 0.323. The molecule has 3 aliphatic heterocycles. The highest BCUT2D eigenvalue weighted by Crippen LogP contribution is 2.47. The number of nitrogens with zero attached hydrogens (tertiary/aromatic N) is 3. The molecule has 44 heavy (non-hydrogen) atoms. The number of aromatic nitrogens is 1. The summed E-state index contributed by atoms with van der Waals surface area (Å²) >= 11 is 5.82. The smallest absolute Gasteiger partial charge is 0.275 e. The molecule has 1 fully saturated rings. The number of carbonyl (C=O) groups excluding carboxylic acids is 2. The Bertz CT molecular complexity index is 1730. The Kier molecular flexibility index (Phi) is 7.78. The van der Waals surface area contributed by atoms with E-state index in [0.29, 0.717) is 0 Å². The molecular weight excluding hydrogens is 598 g/mol. The average molecular weight is 627 g/mol. The zero-order valence-electron chi connectivity index (χ0n) is 23.8. The van der Waals surface area contributed by atoms with E-state index in [9.17, 15) is 23.2 Å². The van der Waals surface area contributed by atoms with Crippen LogP contribution in [-0.4, -0.2) is 57.9 Å². The van der Waals surface area contributed by atoms with Crippen molar-refractivity contribution >= 4 is 23.4 Å². The summed E-state index contributed by atoms with van der Waals surface area (Å²) in [6, 6.07) is 10.3. The fourth-order valence-electron chi connectivity index (χ4n) is 6.03. The number of primary amides is 1. The summed E-state index contributed by atoms with van der Waals surface area (Å²) in [6.07, 6.45) is 4.42. The first-order valence-corrected chi connectivity index (χ1v) is 14.3. The Morgan fingerprint density at radius 3 is 2.64 bits per heavy atom. The zero-order valence-corrected chi connectivity index (χ0v) is 24.6. The molecular formula is C31H29ClF2N4O6. The maximum Gasteiger partial charge on any atom is 0.275 e. The maximum atomic E-state index is 14.9. The number of hydrogen-bond acceptors (Lipinski definition) is 7. The van der Waals surface area contributed by atoms with Gasteiger partial charge in [0.1, 0.15) is 40.7 Å². The fourth-order valence-corrected chi connectivity index (χ4v) is 6.21. The molecule has 4 heterocycles. The first kappa shape index (κ1) is 29.9. The van der Waals surface area contributed by atoms with Gasteiger partial charge in [0.2, 0.25) is 5.43 Å². The number of hydroxylamine groups is 2. The van der Waals surface area contributed by atoms with E-state index in [4.69, 9.17) is 31.6 Å². The highest BCUT2D eigenvalue weighted by Gasteiger charge is 2.55. The Labute approximate surface area is 256 Å². The highest BCUT2D eigenvalue weighted by atomic mass is 35.5. The molecule has 2 aromatic carbocycles. The number of pyridine rings is 1. The molecule has 2 N–H and O–H groups in total. The molecule has 0 aliphatic carbocycles. The van der Waals surface area contributed by atoms with Crippen molar-refractivity contribution in [3.8, 4) is 5.75 Å². The second-order valence-corrected chi connectivity index (χ2v) is 11.4. The first-order chi connectivity index (χ1) is 21.0. The molecule has 2 bridgehead atoms. The van der Waals surface area contributed by atoms with Crippen LogP contribution in [0, 0.1) is 11.6 Å². The Hall–Kier alpha value is -4.10.